The summed E-state index contributed by atoms with van der Waals surface area (Å²) in [5.74, 6) is 0. The van der Waals surface area contributed by atoms with Gasteiger partial charge in [-0.25, -0.2) is 8.42 Å². The largest absolute Gasteiger partial charge is 0.377 e. The number of rotatable bonds is 4. The van der Waals surface area contributed by atoms with E-state index in [1.165, 1.54) is 12.1 Å². The molecule has 2 aromatic rings. The van der Waals surface area contributed by atoms with E-state index < -0.39 is 14.8 Å². The summed E-state index contributed by atoms with van der Waals surface area (Å²) in [7, 11) is -3.64. The van der Waals surface area contributed by atoms with E-state index in [1.54, 1.807) is 6.07 Å². The zero-order chi connectivity index (χ0) is 18.4. The molecule has 0 heterocycles. The summed E-state index contributed by atoms with van der Waals surface area (Å²) in [6.07, 6.45) is 2.46. The van der Waals surface area contributed by atoms with E-state index in [4.69, 9.17) is 23.2 Å². The summed E-state index contributed by atoms with van der Waals surface area (Å²) in [5.41, 5.74) is 1.95. The van der Waals surface area contributed by atoms with Crippen molar-refractivity contribution in [2.45, 2.75) is 23.8 Å². The van der Waals surface area contributed by atoms with Crippen LogP contribution < -0.4 is 5.32 Å². The number of non-ortho nitro benzene ring substituents is 1. The molecule has 0 aromatic heterocycles. The highest BCUT2D eigenvalue weighted by Crippen LogP contribution is 2.41. The van der Waals surface area contributed by atoms with Crippen molar-refractivity contribution in [2.75, 3.05) is 11.6 Å². The van der Waals surface area contributed by atoms with E-state index >= 15 is 0 Å². The zero-order valence-corrected chi connectivity index (χ0v) is 15.5. The minimum absolute atomic E-state index is 0.102. The fourth-order valence-electron chi connectivity index (χ4n) is 3.02. The Balaban J connectivity index is 2.01. The molecule has 9 heteroatoms. The van der Waals surface area contributed by atoms with Crippen LogP contribution in [0.15, 0.2) is 35.2 Å². The average molecular weight is 401 g/mol. The Morgan fingerprint density at radius 3 is 2.60 bits per heavy atom. The highest BCUT2D eigenvalue weighted by molar-refractivity contribution is 7.90. The lowest BCUT2D eigenvalue weighted by atomic mass is 10.1. The van der Waals surface area contributed by atoms with Gasteiger partial charge in [-0.2, -0.15) is 0 Å². The van der Waals surface area contributed by atoms with Gasteiger partial charge in [0.05, 0.1) is 31.6 Å². The van der Waals surface area contributed by atoms with E-state index in [0.29, 0.717) is 22.2 Å². The third kappa shape index (κ3) is 3.44. The van der Waals surface area contributed by atoms with Crippen LogP contribution in [-0.2, 0) is 16.3 Å². The van der Waals surface area contributed by atoms with Crippen LogP contribution in [0.25, 0.3) is 0 Å². The number of hydrogen-bond acceptors (Lipinski definition) is 5. The predicted molar refractivity (Wildman–Crippen MR) is 97.4 cm³/mol. The maximum atomic E-state index is 12.0. The standard InChI is InChI=1S/C16H14Cl2N2O4S/c1-25(23,24)15-8-9(20(21)22)2-6-14(15)19-13-7-4-11-10(13)3-5-12(17)16(11)18/h2-3,5-6,8,13,19H,4,7H2,1H3. The number of fused-ring (bicyclic) bond motifs is 1. The number of benzene rings is 2. The molecule has 1 atom stereocenters. The maximum absolute atomic E-state index is 12.0. The summed E-state index contributed by atoms with van der Waals surface area (Å²) in [5, 5.41) is 15.1. The molecule has 0 radical (unpaired) electrons. The molecule has 0 spiro atoms. The van der Waals surface area contributed by atoms with Crippen molar-refractivity contribution in [1.82, 2.24) is 0 Å². The molecule has 1 aliphatic rings. The van der Waals surface area contributed by atoms with Gasteiger partial charge >= 0.3 is 0 Å². The Bertz CT molecular complexity index is 976. The van der Waals surface area contributed by atoms with Crippen molar-refractivity contribution < 1.29 is 13.3 Å². The number of hydrogen-bond donors (Lipinski definition) is 1. The molecule has 6 nitrogen and oxygen atoms in total. The van der Waals surface area contributed by atoms with Crippen molar-refractivity contribution in [3.63, 3.8) is 0 Å². The van der Waals surface area contributed by atoms with E-state index in [0.717, 1.165) is 29.9 Å². The zero-order valence-electron chi connectivity index (χ0n) is 13.1. The minimum Gasteiger partial charge on any atom is -0.377 e. The normalized spacial score (nSPS) is 16.5. The van der Waals surface area contributed by atoms with Gasteiger partial charge in [0.15, 0.2) is 9.84 Å². The number of halogens is 2. The van der Waals surface area contributed by atoms with Crippen LogP contribution in [0.2, 0.25) is 10.0 Å². The first-order chi connectivity index (χ1) is 11.7. The smallest absolute Gasteiger partial charge is 0.270 e. The molecule has 3 rings (SSSR count). The van der Waals surface area contributed by atoms with Gasteiger partial charge in [-0.15, -0.1) is 0 Å². The van der Waals surface area contributed by atoms with E-state index in [-0.39, 0.29) is 16.6 Å². The number of nitro groups is 1. The molecule has 0 fully saturated rings. The third-order valence-corrected chi connectivity index (χ3v) is 6.18. The first-order valence-corrected chi connectivity index (χ1v) is 10.0. The Labute approximate surface area is 154 Å². The molecule has 1 aliphatic carbocycles. The molecule has 0 aliphatic heterocycles. The quantitative estimate of drug-likeness (QED) is 0.606. The molecule has 1 unspecified atom stereocenters. The van der Waals surface area contributed by atoms with Gasteiger partial charge in [-0.05, 0) is 36.1 Å². The van der Waals surface area contributed by atoms with E-state index in [2.05, 4.69) is 5.32 Å². The fourth-order valence-corrected chi connectivity index (χ4v) is 4.33. The molecule has 25 heavy (non-hydrogen) atoms. The molecular weight excluding hydrogens is 387 g/mol. The molecule has 0 saturated heterocycles. The van der Waals surface area contributed by atoms with Crippen molar-refractivity contribution in [3.8, 4) is 0 Å². The molecule has 132 valence electrons. The van der Waals surface area contributed by atoms with Gasteiger partial charge in [0.1, 0.15) is 0 Å². The fraction of sp³-hybridized carbons (Fsp3) is 0.250. The Morgan fingerprint density at radius 1 is 1.24 bits per heavy atom. The van der Waals surface area contributed by atoms with Crippen molar-refractivity contribution >= 4 is 44.4 Å². The highest BCUT2D eigenvalue weighted by atomic mass is 35.5. The van der Waals surface area contributed by atoms with Crippen LogP contribution in [-0.4, -0.2) is 19.6 Å². The lowest BCUT2D eigenvalue weighted by Crippen LogP contribution is -2.11. The van der Waals surface area contributed by atoms with Crippen LogP contribution in [0.1, 0.15) is 23.6 Å². The lowest BCUT2D eigenvalue weighted by molar-refractivity contribution is -0.385. The van der Waals surface area contributed by atoms with Crippen LogP contribution >= 0.6 is 23.2 Å². The number of anilines is 1. The maximum Gasteiger partial charge on any atom is 0.270 e. The van der Waals surface area contributed by atoms with Crippen LogP contribution in [0.3, 0.4) is 0 Å². The summed E-state index contributed by atoms with van der Waals surface area (Å²) < 4.78 is 24.1. The van der Waals surface area contributed by atoms with Crippen molar-refractivity contribution in [3.05, 3.63) is 61.6 Å². The number of nitro benzene ring substituents is 1. The summed E-state index contributed by atoms with van der Waals surface area (Å²) >= 11 is 12.3. The van der Waals surface area contributed by atoms with E-state index in [9.17, 15) is 18.5 Å². The summed E-state index contributed by atoms with van der Waals surface area (Å²) in [6, 6.07) is 7.19. The Morgan fingerprint density at radius 2 is 1.96 bits per heavy atom. The van der Waals surface area contributed by atoms with Gasteiger partial charge in [0.2, 0.25) is 0 Å². The van der Waals surface area contributed by atoms with Crippen LogP contribution in [0.4, 0.5) is 11.4 Å². The predicted octanol–water partition coefficient (Wildman–Crippen LogP) is 4.40. The molecule has 1 N–H and O–H groups in total. The van der Waals surface area contributed by atoms with Gasteiger partial charge in [-0.3, -0.25) is 10.1 Å². The average Bonchev–Trinajstić information content (AvgIpc) is 2.93. The molecular formula is C16H14Cl2N2O4S. The molecule has 2 aromatic carbocycles. The van der Waals surface area contributed by atoms with Gasteiger partial charge in [0, 0.05) is 18.4 Å². The summed E-state index contributed by atoms with van der Waals surface area (Å²) in [6.45, 7) is 0. The minimum atomic E-state index is -3.64. The molecule has 0 amide bonds. The first-order valence-electron chi connectivity index (χ1n) is 7.40. The van der Waals surface area contributed by atoms with Crippen molar-refractivity contribution in [2.24, 2.45) is 0 Å². The Kier molecular flexibility index (Phi) is 4.66. The number of nitrogens with one attached hydrogen (secondary N) is 1. The van der Waals surface area contributed by atoms with E-state index in [1.807, 2.05) is 6.07 Å². The highest BCUT2D eigenvalue weighted by Gasteiger charge is 2.27. The second-order valence-corrected chi connectivity index (χ2v) is 8.64. The topological polar surface area (TPSA) is 89.3 Å². The Hall–Kier alpha value is -1.83. The van der Waals surface area contributed by atoms with Crippen LogP contribution in [0.5, 0.6) is 0 Å². The number of nitrogens with zero attached hydrogens (tertiary/aromatic N) is 1. The second kappa shape index (κ2) is 6.48. The van der Waals surface area contributed by atoms with Gasteiger partial charge in [-0.1, -0.05) is 29.3 Å². The SMILES string of the molecule is CS(=O)(=O)c1cc([N+](=O)[O-])ccc1NC1CCc2c1ccc(Cl)c2Cl. The second-order valence-electron chi connectivity index (χ2n) is 5.87. The van der Waals surface area contributed by atoms with Crippen molar-refractivity contribution in [1.29, 1.82) is 0 Å². The molecule has 0 bridgehead atoms. The first kappa shape index (κ1) is 18.0. The molecule has 0 saturated carbocycles. The van der Waals surface area contributed by atoms with Gasteiger partial charge < -0.3 is 5.32 Å². The third-order valence-electron chi connectivity index (χ3n) is 4.20. The lowest BCUT2D eigenvalue weighted by Gasteiger charge is -2.18. The summed E-state index contributed by atoms with van der Waals surface area (Å²) in [4.78, 5) is 10.2. The number of sulfone groups is 1. The van der Waals surface area contributed by atoms with Gasteiger partial charge in [0.25, 0.3) is 5.69 Å². The van der Waals surface area contributed by atoms with Crippen LogP contribution in [0, 0.1) is 10.1 Å². The monoisotopic (exact) mass is 400 g/mol.